The van der Waals surface area contributed by atoms with Crippen LogP contribution in [-0.4, -0.2) is 44.9 Å². The highest BCUT2D eigenvalue weighted by Crippen LogP contribution is 2.18. The van der Waals surface area contributed by atoms with Crippen LogP contribution in [0, 0.1) is 6.92 Å². The summed E-state index contributed by atoms with van der Waals surface area (Å²) < 4.78 is 6.03. The largest absolute Gasteiger partial charge is 0.463 e. The number of hydrogen-bond acceptors (Lipinski definition) is 7. The van der Waals surface area contributed by atoms with Gasteiger partial charge in [-0.2, -0.15) is 0 Å². The van der Waals surface area contributed by atoms with Crippen LogP contribution >= 0.6 is 0 Å². The molecule has 0 saturated heterocycles. The summed E-state index contributed by atoms with van der Waals surface area (Å²) in [6.45, 7) is 3.84. The summed E-state index contributed by atoms with van der Waals surface area (Å²) in [6.07, 6.45) is 2.13. The number of nitrogens with one attached hydrogen (secondary N) is 1. The molecule has 2 aromatic heterocycles. The molecular formula is C12H16N6O2. The predicted octanol–water partition coefficient (Wildman–Crippen LogP) is 0.756. The molecular weight excluding hydrogens is 260 g/mol. The van der Waals surface area contributed by atoms with Crippen molar-refractivity contribution in [1.82, 2.24) is 24.7 Å². The monoisotopic (exact) mass is 276 g/mol. The molecule has 8 nitrogen and oxygen atoms in total. The molecule has 0 spiro atoms. The summed E-state index contributed by atoms with van der Waals surface area (Å²) in [6, 6.07) is 0. The van der Waals surface area contributed by atoms with Crippen LogP contribution in [0.5, 0.6) is 0 Å². The normalized spacial score (nSPS) is 10.4. The first-order valence-corrected chi connectivity index (χ1v) is 6.16. The summed E-state index contributed by atoms with van der Waals surface area (Å²) in [4.78, 5) is 24.1. The minimum atomic E-state index is -0.583. The molecule has 0 radical (unpaired) electrons. The van der Waals surface area contributed by atoms with Gasteiger partial charge in [0, 0.05) is 19.0 Å². The Morgan fingerprint density at radius 1 is 1.45 bits per heavy atom. The Hall–Kier alpha value is -2.51. The number of esters is 1. The van der Waals surface area contributed by atoms with Gasteiger partial charge in [-0.15, -0.1) is 5.10 Å². The fourth-order valence-electron chi connectivity index (χ4n) is 1.72. The number of carbonyl (C=O) groups excluding carboxylic acids is 1. The lowest BCUT2D eigenvalue weighted by atomic mass is 10.3. The molecule has 0 bridgehead atoms. The molecule has 0 amide bonds. The van der Waals surface area contributed by atoms with E-state index in [0.717, 1.165) is 11.4 Å². The summed E-state index contributed by atoms with van der Waals surface area (Å²) in [7, 11) is 3.08. The Kier molecular flexibility index (Phi) is 3.92. The van der Waals surface area contributed by atoms with Gasteiger partial charge in [0.2, 0.25) is 0 Å². The number of aryl methyl sites for hydroxylation is 1. The van der Waals surface area contributed by atoms with Gasteiger partial charge in [-0.1, -0.05) is 6.92 Å². The Bertz CT molecular complexity index is 637. The zero-order valence-corrected chi connectivity index (χ0v) is 11.8. The number of methoxy groups -OCH3 is 1. The van der Waals surface area contributed by atoms with Crippen molar-refractivity contribution in [2.24, 2.45) is 0 Å². The Morgan fingerprint density at radius 2 is 2.20 bits per heavy atom. The lowest BCUT2D eigenvalue weighted by Gasteiger charge is -2.10. The number of carbonyl (C=O) groups is 1. The van der Waals surface area contributed by atoms with Crippen molar-refractivity contribution in [1.29, 1.82) is 0 Å². The van der Waals surface area contributed by atoms with E-state index in [9.17, 15) is 4.79 Å². The van der Waals surface area contributed by atoms with Crippen molar-refractivity contribution >= 4 is 11.8 Å². The standard InChI is InChI=1S/C12H16N6O2/c1-5-8-15-9(13-3)7(2)11(16-8)18-6-14-10(17-18)12(19)20-4/h6H,5H2,1-4H3,(H,13,15,16). The number of rotatable bonds is 4. The molecule has 2 heterocycles. The maximum Gasteiger partial charge on any atom is 0.377 e. The molecule has 2 rings (SSSR count). The first-order valence-electron chi connectivity index (χ1n) is 6.16. The van der Waals surface area contributed by atoms with Gasteiger partial charge in [0.25, 0.3) is 5.82 Å². The van der Waals surface area contributed by atoms with Gasteiger partial charge in [0.05, 0.1) is 7.11 Å². The number of anilines is 1. The Labute approximate surface area is 116 Å². The van der Waals surface area contributed by atoms with Gasteiger partial charge in [0.15, 0.2) is 5.82 Å². The summed E-state index contributed by atoms with van der Waals surface area (Å²) in [5, 5.41) is 7.09. The van der Waals surface area contributed by atoms with Crippen molar-refractivity contribution in [3.8, 4) is 5.82 Å². The number of nitrogens with zero attached hydrogens (tertiary/aromatic N) is 5. The minimum absolute atomic E-state index is 0.00503. The van der Waals surface area contributed by atoms with Crippen LogP contribution < -0.4 is 5.32 Å². The van der Waals surface area contributed by atoms with Crippen molar-refractivity contribution in [2.45, 2.75) is 20.3 Å². The predicted molar refractivity (Wildman–Crippen MR) is 72.0 cm³/mol. The molecule has 2 aromatic rings. The van der Waals surface area contributed by atoms with Crippen LogP contribution in [0.3, 0.4) is 0 Å². The van der Waals surface area contributed by atoms with E-state index in [4.69, 9.17) is 0 Å². The molecule has 0 aliphatic rings. The number of hydrogen-bond donors (Lipinski definition) is 1. The maximum absolute atomic E-state index is 11.4. The Morgan fingerprint density at radius 3 is 2.80 bits per heavy atom. The van der Waals surface area contributed by atoms with Crippen molar-refractivity contribution in [2.75, 3.05) is 19.5 Å². The molecule has 0 fully saturated rings. The van der Waals surface area contributed by atoms with Gasteiger partial charge < -0.3 is 10.1 Å². The minimum Gasteiger partial charge on any atom is -0.463 e. The number of aromatic nitrogens is 5. The molecule has 106 valence electrons. The van der Waals surface area contributed by atoms with Gasteiger partial charge in [-0.25, -0.2) is 24.4 Å². The highest BCUT2D eigenvalue weighted by atomic mass is 16.5. The topological polar surface area (TPSA) is 94.8 Å². The Balaban J connectivity index is 2.51. The average molecular weight is 276 g/mol. The highest BCUT2D eigenvalue weighted by molar-refractivity contribution is 5.84. The summed E-state index contributed by atoms with van der Waals surface area (Å²) in [5.41, 5.74) is 0.825. The second kappa shape index (κ2) is 5.64. The quantitative estimate of drug-likeness (QED) is 0.823. The van der Waals surface area contributed by atoms with Crippen molar-refractivity contribution in [3.05, 3.63) is 23.5 Å². The average Bonchev–Trinajstić information content (AvgIpc) is 2.96. The van der Waals surface area contributed by atoms with E-state index in [1.807, 2.05) is 13.8 Å². The molecule has 20 heavy (non-hydrogen) atoms. The van der Waals surface area contributed by atoms with Gasteiger partial charge in [0.1, 0.15) is 18.0 Å². The second-order valence-electron chi connectivity index (χ2n) is 4.04. The molecule has 0 aromatic carbocycles. The fraction of sp³-hybridized carbons (Fsp3) is 0.417. The van der Waals surface area contributed by atoms with Crippen LogP contribution in [0.15, 0.2) is 6.33 Å². The van der Waals surface area contributed by atoms with E-state index in [-0.39, 0.29) is 5.82 Å². The SMILES string of the molecule is CCc1nc(NC)c(C)c(-n2cnc(C(=O)OC)n2)n1. The molecule has 0 aliphatic carbocycles. The lowest BCUT2D eigenvalue weighted by molar-refractivity contribution is 0.0587. The van der Waals surface area contributed by atoms with E-state index >= 15 is 0 Å². The molecule has 8 heteroatoms. The van der Waals surface area contributed by atoms with Crippen LogP contribution in [0.4, 0.5) is 5.82 Å². The highest BCUT2D eigenvalue weighted by Gasteiger charge is 2.16. The molecule has 0 unspecified atom stereocenters. The van der Waals surface area contributed by atoms with Gasteiger partial charge in [-0.3, -0.25) is 0 Å². The van der Waals surface area contributed by atoms with Crippen molar-refractivity contribution in [3.63, 3.8) is 0 Å². The third-order valence-corrected chi connectivity index (χ3v) is 2.80. The molecule has 0 saturated carbocycles. The fourth-order valence-corrected chi connectivity index (χ4v) is 1.72. The van der Waals surface area contributed by atoms with E-state index in [1.54, 1.807) is 7.05 Å². The van der Waals surface area contributed by atoms with E-state index < -0.39 is 5.97 Å². The first kappa shape index (κ1) is 13.9. The second-order valence-corrected chi connectivity index (χ2v) is 4.04. The van der Waals surface area contributed by atoms with E-state index in [0.29, 0.717) is 18.1 Å². The summed E-state index contributed by atoms with van der Waals surface area (Å²) in [5.74, 6) is 1.41. The third kappa shape index (κ3) is 2.44. The third-order valence-electron chi connectivity index (χ3n) is 2.80. The molecule has 0 atom stereocenters. The van der Waals surface area contributed by atoms with Gasteiger partial charge in [-0.05, 0) is 6.92 Å². The first-order chi connectivity index (χ1) is 9.60. The van der Waals surface area contributed by atoms with Crippen LogP contribution in [0.25, 0.3) is 5.82 Å². The summed E-state index contributed by atoms with van der Waals surface area (Å²) >= 11 is 0. The van der Waals surface area contributed by atoms with Crippen LogP contribution in [-0.2, 0) is 11.2 Å². The maximum atomic E-state index is 11.4. The number of ether oxygens (including phenoxy) is 1. The lowest BCUT2D eigenvalue weighted by Crippen LogP contribution is -2.11. The zero-order valence-electron chi connectivity index (χ0n) is 11.8. The van der Waals surface area contributed by atoms with Crippen molar-refractivity contribution < 1.29 is 9.53 Å². The smallest absolute Gasteiger partial charge is 0.377 e. The molecule has 1 N–H and O–H groups in total. The van der Waals surface area contributed by atoms with E-state index in [2.05, 4.69) is 30.1 Å². The molecule has 0 aliphatic heterocycles. The van der Waals surface area contributed by atoms with Crippen LogP contribution in [0.2, 0.25) is 0 Å². The van der Waals surface area contributed by atoms with Gasteiger partial charge >= 0.3 is 5.97 Å². The van der Waals surface area contributed by atoms with E-state index in [1.165, 1.54) is 18.1 Å². The zero-order chi connectivity index (χ0) is 14.7. The van der Waals surface area contributed by atoms with Crippen LogP contribution in [0.1, 0.15) is 28.9 Å².